The molecule has 17 heavy (non-hydrogen) atoms. The summed E-state index contributed by atoms with van der Waals surface area (Å²) in [6, 6.07) is 7.70. The van der Waals surface area contributed by atoms with Crippen LogP contribution >= 0.6 is 0 Å². The van der Waals surface area contributed by atoms with E-state index >= 15 is 0 Å². The smallest absolute Gasteiger partial charge is 0.261 e. The summed E-state index contributed by atoms with van der Waals surface area (Å²) in [4.78, 5) is 16.9. The Morgan fingerprint density at radius 1 is 1.41 bits per heavy atom. The van der Waals surface area contributed by atoms with Crippen molar-refractivity contribution in [3.8, 4) is 0 Å². The Labute approximate surface area is 100 Å². The van der Waals surface area contributed by atoms with Gasteiger partial charge in [-0.1, -0.05) is 12.1 Å². The molecule has 0 spiro atoms. The van der Waals surface area contributed by atoms with Crippen molar-refractivity contribution in [2.75, 3.05) is 7.05 Å². The van der Waals surface area contributed by atoms with E-state index < -0.39 is 0 Å². The van der Waals surface area contributed by atoms with Crippen LogP contribution in [0.25, 0.3) is 10.9 Å². The molecule has 1 heterocycles. The van der Waals surface area contributed by atoms with Gasteiger partial charge in [0.1, 0.15) is 6.04 Å². The van der Waals surface area contributed by atoms with E-state index in [4.69, 9.17) is 0 Å². The van der Waals surface area contributed by atoms with Crippen LogP contribution in [0.2, 0.25) is 0 Å². The minimum absolute atomic E-state index is 0.0572. The van der Waals surface area contributed by atoms with Crippen molar-refractivity contribution in [3.05, 3.63) is 40.4 Å². The Bertz CT molecular complexity index is 589. The molecule has 1 aromatic heterocycles. The van der Waals surface area contributed by atoms with E-state index in [-0.39, 0.29) is 11.6 Å². The van der Waals surface area contributed by atoms with Gasteiger partial charge >= 0.3 is 0 Å². The maximum Gasteiger partial charge on any atom is 0.261 e. The average Bonchev–Trinajstić information content (AvgIpc) is 2.37. The van der Waals surface area contributed by atoms with Gasteiger partial charge in [-0.2, -0.15) is 0 Å². The largest absolute Gasteiger partial charge is 0.340 e. The van der Waals surface area contributed by atoms with Crippen LogP contribution in [0.4, 0.5) is 0 Å². The van der Waals surface area contributed by atoms with Gasteiger partial charge in [0.25, 0.3) is 5.56 Å². The summed E-state index contributed by atoms with van der Waals surface area (Å²) in [6.45, 7) is 4.69. The third kappa shape index (κ3) is 1.96. The Hall–Kier alpha value is -1.68. The van der Waals surface area contributed by atoms with Gasteiger partial charge in [-0.3, -0.25) is 9.36 Å². The number of benzene rings is 1. The lowest BCUT2D eigenvalue weighted by molar-refractivity contribution is -0.668. The van der Waals surface area contributed by atoms with Crippen LogP contribution in [0, 0.1) is 0 Å². The molecule has 4 heteroatoms. The van der Waals surface area contributed by atoms with Gasteiger partial charge < -0.3 is 5.32 Å². The van der Waals surface area contributed by atoms with Gasteiger partial charge in [-0.15, -0.1) is 0 Å². The van der Waals surface area contributed by atoms with Crippen molar-refractivity contribution >= 4 is 10.9 Å². The maximum absolute atomic E-state index is 12.3. The van der Waals surface area contributed by atoms with Gasteiger partial charge in [-0.25, -0.2) is 4.98 Å². The fourth-order valence-electron chi connectivity index (χ4n) is 1.99. The number of nitrogens with two attached hydrogens (primary N) is 1. The summed E-state index contributed by atoms with van der Waals surface area (Å²) in [5.41, 5.74) is 0.840. The second-order valence-corrected chi connectivity index (χ2v) is 4.16. The number of nitrogens with zero attached hydrogens (tertiary/aromatic N) is 2. The number of rotatable bonds is 3. The fraction of sp³-hybridized carbons (Fsp3) is 0.385. The molecule has 1 atom stereocenters. The lowest BCUT2D eigenvalue weighted by Crippen LogP contribution is -2.80. The van der Waals surface area contributed by atoms with Crippen molar-refractivity contribution in [2.45, 2.75) is 26.4 Å². The highest BCUT2D eigenvalue weighted by Gasteiger charge is 2.16. The van der Waals surface area contributed by atoms with Gasteiger partial charge in [0.05, 0.1) is 18.0 Å². The van der Waals surface area contributed by atoms with E-state index in [1.807, 2.05) is 38.2 Å². The van der Waals surface area contributed by atoms with E-state index in [9.17, 15) is 4.79 Å². The van der Waals surface area contributed by atoms with Gasteiger partial charge in [-0.05, 0) is 26.0 Å². The molecule has 0 saturated heterocycles. The van der Waals surface area contributed by atoms with Crippen molar-refractivity contribution in [1.29, 1.82) is 0 Å². The minimum atomic E-state index is 0.0572. The molecule has 0 unspecified atom stereocenters. The topological polar surface area (TPSA) is 51.5 Å². The molecule has 4 nitrogen and oxygen atoms in total. The maximum atomic E-state index is 12.3. The van der Waals surface area contributed by atoms with E-state index in [0.29, 0.717) is 11.9 Å². The highest BCUT2D eigenvalue weighted by Crippen LogP contribution is 2.11. The lowest BCUT2D eigenvalue weighted by Gasteiger charge is -2.14. The Kier molecular flexibility index (Phi) is 3.24. The standard InChI is InChI=1S/C13H17N3O/c1-4-16-12(9(2)14-3)15-11-8-6-5-7-10(11)13(16)17/h5-9,14H,4H2,1-3H3/p+1/t9-/m0/s1. The molecule has 0 fully saturated rings. The Morgan fingerprint density at radius 3 is 2.76 bits per heavy atom. The molecule has 2 rings (SSSR count). The SMILES string of the molecule is CCn1c([C@H](C)[NH2+]C)nc2ccccc2c1=O. The lowest BCUT2D eigenvalue weighted by atomic mass is 10.2. The molecule has 0 bridgehead atoms. The summed E-state index contributed by atoms with van der Waals surface area (Å²) < 4.78 is 1.76. The normalized spacial score (nSPS) is 12.9. The van der Waals surface area contributed by atoms with Crippen molar-refractivity contribution in [1.82, 2.24) is 9.55 Å². The van der Waals surface area contributed by atoms with Crippen LogP contribution in [0.15, 0.2) is 29.1 Å². The molecule has 2 N–H and O–H groups in total. The summed E-state index contributed by atoms with van der Waals surface area (Å²) in [6.07, 6.45) is 0. The molecule has 1 aromatic carbocycles. The highest BCUT2D eigenvalue weighted by atomic mass is 16.1. The van der Waals surface area contributed by atoms with Crippen LogP contribution in [0.5, 0.6) is 0 Å². The Balaban J connectivity index is 2.80. The molecule has 0 saturated carbocycles. The second kappa shape index (κ2) is 4.67. The zero-order valence-electron chi connectivity index (χ0n) is 10.5. The molecule has 0 aliphatic heterocycles. The molecule has 0 aliphatic rings. The number of fused-ring (bicyclic) bond motifs is 1. The molecular formula is C13H18N3O+. The van der Waals surface area contributed by atoms with Crippen LogP contribution < -0.4 is 10.9 Å². The van der Waals surface area contributed by atoms with E-state index in [1.54, 1.807) is 4.57 Å². The van der Waals surface area contributed by atoms with E-state index in [2.05, 4.69) is 17.2 Å². The van der Waals surface area contributed by atoms with Crippen LogP contribution in [-0.2, 0) is 6.54 Å². The number of para-hydroxylation sites is 1. The minimum Gasteiger partial charge on any atom is -0.340 e. The molecule has 90 valence electrons. The quantitative estimate of drug-likeness (QED) is 0.845. The molecular weight excluding hydrogens is 214 g/mol. The van der Waals surface area contributed by atoms with Crippen molar-refractivity contribution < 1.29 is 5.32 Å². The molecule has 0 amide bonds. The van der Waals surface area contributed by atoms with Crippen molar-refractivity contribution in [2.24, 2.45) is 0 Å². The molecule has 2 aromatic rings. The molecule has 0 aliphatic carbocycles. The third-order valence-corrected chi connectivity index (χ3v) is 3.11. The number of quaternary nitrogens is 1. The fourth-order valence-corrected chi connectivity index (χ4v) is 1.99. The van der Waals surface area contributed by atoms with Crippen LogP contribution in [-0.4, -0.2) is 16.6 Å². The van der Waals surface area contributed by atoms with E-state index in [1.165, 1.54) is 0 Å². The zero-order chi connectivity index (χ0) is 12.4. The van der Waals surface area contributed by atoms with Gasteiger partial charge in [0.15, 0.2) is 5.82 Å². The van der Waals surface area contributed by atoms with Crippen LogP contribution in [0.1, 0.15) is 25.7 Å². The van der Waals surface area contributed by atoms with Crippen LogP contribution in [0.3, 0.4) is 0 Å². The highest BCUT2D eigenvalue weighted by molar-refractivity contribution is 5.77. The predicted molar refractivity (Wildman–Crippen MR) is 67.9 cm³/mol. The first-order chi connectivity index (χ1) is 8.19. The summed E-state index contributed by atoms with van der Waals surface area (Å²) in [5.74, 6) is 0.846. The van der Waals surface area contributed by atoms with E-state index in [0.717, 1.165) is 11.3 Å². The van der Waals surface area contributed by atoms with Gasteiger partial charge in [0.2, 0.25) is 0 Å². The predicted octanol–water partition coefficient (Wildman–Crippen LogP) is 0.671. The summed E-state index contributed by atoms with van der Waals surface area (Å²) in [5, 5.41) is 2.75. The zero-order valence-corrected chi connectivity index (χ0v) is 10.5. The van der Waals surface area contributed by atoms with Crippen molar-refractivity contribution in [3.63, 3.8) is 0 Å². The summed E-state index contributed by atoms with van der Waals surface area (Å²) >= 11 is 0. The first-order valence-electron chi connectivity index (χ1n) is 5.98. The third-order valence-electron chi connectivity index (χ3n) is 3.11. The first-order valence-corrected chi connectivity index (χ1v) is 5.98. The Morgan fingerprint density at radius 2 is 2.12 bits per heavy atom. The van der Waals surface area contributed by atoms with Gasteiger partial charge in [0, 0.05) is 6.54 Å². The first kappa shape index (κ1) is 11.8. The number of aromatic nitrogens is 2. The second-order valence-electron chi connectivity index (χ2n) is 4.16. The number of hydrogen-bond donors (Lipinski definition) is 1. The monoisotopic (exact) mass is 232 g/mol. The average molecular weight is 232 g/mol. The summed E-state index contributed by atoms with van der Waals surface area (Å²) in [7, 11) is 1.99. The molecule has 0 radical (unpaired) electrons. The number of hydrogen-bond acceptors (Lipinski definition) is 2.